The largest absolute Gasteiger partial charge is 0.477 e. The Morgan fingerprint density at radius 3 is 2.68 bits per heavy atom. The van der Waals surface area contributed by atoms with Crippen LogP contribution in [0.15, 0.2) is 36.7 Å². The predicted molar refractivity (Wildman–Crippen MR) is 69.6 cm³/mol. The Bertz CT molecular complexity index is 597. The van der Waals surface area contributed by atoms with Crippen molar-refractivity contribution in [3.05, 3.63) is 47.9 Å². The molecule has 0 spiro atoms. The number of carboxylic acids is 1. The summed E-state index contributed by atoms with van der Waals surface area (Å²) in [7, 11) is 0. The number of carboxylic acid groups (broad SMARTS) is 1. The van der Waals surface area contributed by atoms with Gasteiger partial charge in [-0.1, -0.05) is 32.0 Å². The third-order valence-electron chi connectivity index (χ3n) is 2.62. The van der Waals surface area contributed by atoms with Gasteiger partial charge in [0.1, 0.15) is 12.1 Å². The molecule has 0 fully saturated rings. The molecule has 5 nitrogen and oxygen atoms in total. The second-order valence-electron chi connectivity index (χ2n) is 4.34. The number of nitrogens with zero attached hydrogens (tertiary/aromatic N) is 2. The van der Waals surface area contributed by atoms with Crippen LogP contribution >= 0.6 is 0 Å². The van der Waals surface area contributed by atoms with Gasteiger partial charge in [-0.2, -0.15) is 0 Å². The Labute approximate surface area is 110 Å². The van der Waals surface area contributed by atoms with E-state index in [1.165, 1.54) is 12.4 Å². The summed E-state index contributed by atoms with van der Waals surface area (Å²) in [4.78, 5) is 18.4. The molecule has 19 heavy (non-hydrogen) atoms. The normalized spacial score (nSPS) is 10.5. The highest BCUT2D eigenvalue weighted by atomic mass is 16.5. The van der Waals surface area contributed by atoms with Gasteiger partial charge in [-0.15, -0.1) is 0 Å². The van der Waals surface area contributed by atoms with Crippen LogP contribution < -0.4 is 4.74 Å². The summed E-state index contributed by atoms with van der Waals surface area (Å²) in [6.07, 6.45) is 1.18. The number of para-hydroxylation sites is 1. The summed E-state index contributed by atoms with van der Waals surface area (Å²) in [5, 5.41) is 8.87. The number of aromatic carboxylic acids is 1. The highest BCUT2D eigenvalue weighted by Crippen LogP contribution is 2.29. The summed E-state index contributed by atoms with van der Waals surface area (Å²) < 4.78 is 5.65. The SMILES string of the molecule is CC(C)c1ccccc1Oc1cc(C(=O)O)ncn1. The minimum Gasteiger partial charge on any atom is -0.477 e. The number of aromatic nitrogens is 2. The molecule has 0 saturated carbocycles. The second kappa shape index (κ2) is 5.48. The van der Waals surface area contributed by atoms with E-state index in [-0.39, 0.29) is 11.6 Å². The zero-order chi connectivity index (χ0) is 13.8. The van der Waals surface area contributed by atoms with Gasteiger partial charge in [0.15, 0.2) is 5.69 Å². The molecule has 2 rings (SSSR count). The Hall–Kier alpha value is -2.43. The van der Waals surface area contributed by atoms with Gasteiger partial charge < -0.3 is 9.84 Å². The lowest BCUT2D eigenvalue weighted by atomic mass is 10.0. The average molecular weight is 258 g/mol. The number of rotatable bonds is 4. The lowest BCUT2D eigenvalue weighted by Crippen LogP contribution is -2.02. The molecule has 1 aromatic heterocycles. The van der Waals surface area contributed by atoms with Gasteiger partial charge in [-0.05, 0) is 17.5 Å². The summed E-state index contributed by atoms with van der Waals surface area (Å²) >= 11 is 0. The number of carbonyl (C=O) groups is 1. The zero-order valence-corrected chi connectivity index (χ0v) is 10.7. The molecule has 98 valence electrons. The molecule has 1 N–H and O–H groups in total. The van der Waals surface area contributed by atoms with E-state index in [9.17, 15) is 4.79 Å². The van der Waals surface area contributed by atoms with E-state index in [1.807, 2.05) is 24.3 Å². The van der Waals surface area contributed by atoms with E-state index in [0.29, 0.717) is 11.7 Å². The maximum atomic E-state index is 10.8. The lowest BCUT2D eigenvalue weighted by molar-refractivity contribution is 0.0689. The minimum absolute atomic E-state index is 0.0907. The molecule has 0 saturated heterocycles. The summed E-state index contributed by atoms with van der Waals surface area (Å²) in [6, 6.07) is 8.90. The standard InChI is InChI=1S/C14H14N2O3/c1-9(2)10-5-3-4-6-12(10)19-13-7-11(14(17)18)15-8-16-13/h3-9H,1-2H3,(H,17,18). The molecule has 0 amide bonds. The van der Waals surface area contributed by atoms with Gasteiger partial charge in [-0.25, -0.2) is 14.8 Å². The van der Waals surface area contributed by atoms with Crippen molar-refractivity contribution in [1.82, 2.24) is 9.97 Å². The Balaban J connectivity index is 2.31. The highest BCUT2D eigenvalue weighted by molar-refractivity contribution is 5.85. The van der Waals surface area contributed by atoms with Crippen molar-refractivity contribution in [2.24, 2.45) is 0 Å². The quantitative estimate of drug-likeness (QED) is 0.912. The first kappa shape index (κ1) is 13.0. The van der Waals surface area contributed by atoms with Gasteiger partial charge >= 0.3 is 5.97 Å². The van der Waals surface area contributed by atoms with Crippen LogP contribution in [0.2, 0.25) is 0 Å². The lowest BCUT2D eigenvalue weighted by Gasteiger charge is -2.12. The molecule has 0 radical (unpaired) electrons. The maximum absolute atomic E-state index is 10.8. The number of ether oxygens (including phenoxy) is 1. The Kier molecular flexibility index (Phi) is 3.75. The second-order valence-corrected chi connectivity index (χ2v) is 4.34. The van der Waals surface area contributed by atoms with Crippen LogP contribution in [0.4, 0.5) is 0 Å². The van der Waals surface area contributed by atoms with Crippen LogP contribution in [0.1, 0.15) is 35.8 Å². The fraction of sp³-hybridized carbons (Fsp3) is 0.214. The molecule has 0 atom stereocenters. The molecule has 0 aliphatic carbocycles. The van der Waals surface area contributed by atoms with Crippen LogP contribution in [-0.2, 0) is 0 Å². The first-order chi connectivity index (χ1) is 9.08. The summed E-state index contributed by atoms with van der Waals surface area (Å²) in [5.41, 5.74) is 0.949. The van der Waals surface area contributed by atoms with Crippen molar-refractivity contribution >= 4 is 5.97 Å². The predicted octanol–water partition coefficient (Wildman–Crippen LogP) is 3.09. The van der Waals surface area contributed by atoms with Crippen LogP contribution in [0.25, 0.3) is 0 Å². The van der Waals surface area contributed by atoms with Crippen molar-refractivity contribution < 1.29 is 14.6 Å². The van der Waals surface area contributed by atoms with Crippen molar-refractivity contribution in [2.45, 2.75) is 19.8 Å². The van der Waals surface area contributed by atoms with E-state index >= 15 is 0 Å². The van der Waals surface area contributed by atoms with Gasteiger partial charge in [0.2, 0.25) is 5.88 Å². The fourth-order valence-electron chi connectivity index (χ4n) is 1.68. The van der Waals surface area contributed by atoms with E-state index in [4.69, 9.17) is 9.84 Å². The van der Waals surface area contributed by atoms with Crippen molar-refractivity contribution in [1.29, 1.82) is 0 Å². The van der Waals surface area contributed by atoms with Crippen molar-refractivity contribution in [3.63, 3.8) is 0 Å². The van der Waals surface area contributed by atoms with Gasteiger partial charge in [-0.3, -0.25) is 0 Å². The number of hydrogen-bond donors (Lipinski definition) is 1. The molecule has 0 unspecified atom stereocenters. The molecular formula is C14H14N2O3. The molecule has 1 heterocycles. The Morgan fingerprint density at radius 1 is 1.26 bits per heavy atom. The van der Waals surface area contributed by atoms with E-state index < -0.39 is 5.97 Å². The average Bonchev–Trinajstić information content (AvgIpc) is 2.39. The van der Waals surface area contributed by atoms with Gasteiger partial charge in [0, 0.05) is 6.07 Å². The zero-order valence-electron chi connectivity index (χ0n) is 10.7. The third-order valence-corrected chi connectivity index (χ3v) is 2.62. The van der Waals surface area contributed by atoms with Crippen molar-refractivity contribution in [2.75, 3.05) is 0 Å². The monoisotopic (exact) mass is 258 g/mol. The van der Waals surface area contributed by atoms with E-state index in [0.717, 1.165) is 5.56 Å². The van der Waals surface area contributed by atoms with E-state index in [1.54, 1.807) is 0 Å². The van der Waals surface area contributed by atoms with Crippen LogP contribution in [0.3, 0.4) is 0 Å². The van der Waals surface area contributed by atoms with Crippen LogP contribution in [0.5, 0.6) is 11.6 Å². The molecule has 0 aliphatic heterocycles. The topological polar surface area (TPSA) is 72.3 Å². The maximum Gasteiger partial charge on any atom is 0.354 e. The number of hydrogen-bond acceptors (Lipinski definition) is 4. The molecule has 0 aliphatic rings. The highest BCUT2D eigenvalue weighted by Gasteiger charge is 2.11. The molecule has 5 heteroatoms. The molecule has 0 bridgehead atoms. The van der Waals surface area contributed by atoms with Crippen LogP contribution in [0, 0.1) is 0 Å². The number of benzene rings is 1. The molecular weight excluding hydrogens is 244 g/mol. The first-order valence-electron chi connectivity index (χ1n) is 5.90. The third kappa shape index (κ3) is 3.07. The molecule has 2 aromatic rings. The van der Waals surface area contributed by atoms with Crippen LogP contribution in [-0.4, -0.2) is 21.0 Å². The van der Waals surface area contributed by atoms with Gasteiger partial charge in [0.05, 0.1) is 0 Å². The smallest absolute Gasteiger partial charge is 0.354 e. The first-order valence-corrected chi connectivity index (χ1v) is 5.90. The minimum atomic E-state index is -1.11. The Morgan fingerprint density at radius 2 is 2.00 bits per heavy atom. The van der Waals surface area contributed by atoms with Gasteiger partial charge in [0.25, 0.3) is 0 Å². The summed E-state index contributed by atoms with van der Waals surface area (Å²) in [5.74, 6) is 0.0921. The van der Waals surface area contributed by atoms with Crippen molar-refractivity contribution in [3.8, 4) is 11.6 Å². The fourth-order valence-corrected chi connectivity index (χ4v) is 1.68. The summed E-state index contributed by atoms with van der Waals surface area (Å²) in [6.45, 7) is 4.12. The van der Waals surface area contributed by atoms with E-state index in [2.05, 4.69) is 23.8 Å². The molecule has 1 aromatic carbocycles.